The molecule has 1 fully saturated rings. The molecule has 4 heteroatoms. The van der Waals surface area contributed by atoms with Crippen molar-refractivity contribution in [1.82, 2.24) is 4.90 Å². The van der Waals surface area contributed by atoms with Gasteiger partial charge in [-0.1, -0.05) is 30.3 Å². The summed E-state index contributed by atoms with van der Waals surface area (Å²) in [6, 6.07) is 9.82. The average molecular weight is 319 g/mol. The quantitative estimate of drug-likeness (QED) is 0.867. The van der Waals surface area contributed by atoms with Gasteiger partial charge >= 0.3 is 5.97 Å². The van der Waals surface area contributed by atoms with Crippen molar-refractivity contribution in [2.24, 2.45) is 0 Å². The van der Waals surface area contributed by atoms with Crippen LogP contribution >= 0.6 is 0 Å². The topological polar surface area (TPSA) is 49.8 Å². The maximum Gasteiger partial charge on any atom is 0.315 e. The van der Waals surface area contributed by atoms with Gasteiger partial charge in [0.2, 0.25) is 0 Å². The molecule has 0 aliphatic carbocycles. The van der Waals surface area contributed by atoms with Crippen LogP contribution in [0.15, 0.2) is 30.3 Å². The van der Waals surface area contributed by atoms with Crippen LogP contribution in [0.2, 0.25) is 0 Å². The summed E-state index contributed by atoms with van der Waals surface area (Å²) in [5.74, 6) is -0.473. The Kier molecular flexibility index (Phi) is 5.48. The maximum absolute atomic E-state index is 12.7. The molecule has 0 spiro atoms. The van der Waals surface area contributed by atoms with Gasteiger partial charge in [-0.2, -0.15) is 0 Å². The van der Waals surface area contributed by atoms with Crippen molar-refractivity contribution in [2.75, 3.05) is 19.6 Å². The van der Waals surface area contributed by atoms with E-state index in [1.807, 2.05) is 58.0 Å². The predicted molar refractivity (Wildman–Crippen MR) is 91.3 cm³/mol. The first-order valence-electron chi connectivity index (χ1n) is 8.39. The van der Waals surface area contributed by atoms with E-state index in [0.717, 1.165) is 31.5 Å². The van der Waals surface area contributed by atoms with Crippen LogP contribution in [0.1, 0.15) is 52.0 Å². The third-order valence-corrected chi connectivity index (χ3v) is 4.27. The number of aliphatic hydroxyl groups is 1. The number of hydrogen-bond donors (Lipinski definition) is 1. The van der Waals surface area contributed by atoms with Crippen molar-refractivity contribution in [3.05, 3.63) is 35.9 Å². The molecule has 1 aromatic rings. The highest BCUT2D eigenvalue weighted by Crippen LogP contribution is 2.26. The van der Waals surface area contributed by atoms with Gasteiger partial charge in [0.1, 0.15) is 5.60 Å². The van der Waals surface area contributed by atoms with Gasteiger partial charge in [-0.25, -0.2) is 0 Å². The summed E-state index contributed by atoms with van der Waals surface area (Å²) in [7, 11) is 0. The first kappa shape index (κ1) is 18.0. The standard InChI is InChI=1S/C19H29NO3/c1-18(2,3)23-17(21)16(15-8-6-5-7-9-15)14-20-12-10-19(4,22)11-13-20/h5-9,16,22H,10-14H2,1-4H3/t16-/m1/s1. The van der Waals surface area contributed by atoms with Crippen LogP contribution in [-0.4, -0.2) is 46.8 Å². The minimum absolute atomic E-state index is 0.180. The molecule has 0 radical (unpaired) electrons. The lowest BCUT2D eigenvalue weighted by Gasteiger charge is -2.37. The van der Waals surface area contributed by atoms with Crippen LogP contribution in [0, 0.1) is 0 Å². The smallest absolute Gasteiger partial charge is 0.315 e. The molecule has 0 unspecified atom stereocenters. The van der Waals surface area contributed by atoms with E-state index in [0.29, 0.717) is 6.54 Å². The molecular weight excluding hydrogens is 290 g/mol. The van der Waals surface area contributed by atoms with Gasteiger partial charge in [-0.05, 0) is 46.1 Å². The van der Waals surface area contributed by atoms with Crippen molar-refractivity contribution in [3.8, 4) is 0 Å². The van der Waals surface area contributed by atoms with Gasteiger partial charge in [-0.3, -0.25) is 4.79 Å². The fourth-order valence-electron chi connectivity index (χ4n) is 2.85. The van der Waals surface area contributed by atoms with Crippen LogP contribution in [0.3, 0.4) is 0 Å². The number of esters is 1. The average Bonchev–Trinajstić information content (AvgIpc) is 2.45. The molecule has 128 valence electrons. The number of likely N-dealkylation sites (tertiary alicyclic amines) is 1. The predicted octanol–water partition coefficient (Wildman–Crippen LogP) is 2.96. The highest BCUT2D eigenvalue weighted by atomic mass is 16.6. The van der Waals surface area contributed by atoms with Crippen LogP contribution in [0.4, 0.5) is 0 Å². The summed E-state index contributed by atoms with van der Waals surface area (Å²) in [5.41, 5.74) is -0.0838. The Morgan fingerprint density at radius 1 is 1.26 bits per heavy atom. The molecule has 1 heterocycles. The molecule has 2 rings (SSSR count). The van der Waals surface area contributed by atoms with E-state index in [2.05, 4.69) is 4.90 Å². The molecule has 1 saturated heterocycles. The highest BCUT2D eigenvalue weighted by molar-refractivity contribution is 5.78. The Hall–Kier alpha value is -1.39. The molecule has 0 amide bonds. The van der Waals surface area contributed by atoms with E-state index in [1.54, 1.807) is 0 Å². The molecule has 1 aliphatic heterocycles. The molecule has 1 aromatic carbocycles. The van der Waals surface area contributed by atoms with Gasteiger partial charge in [-0.15, -0.1) is 0 Å². The number of carbonyl (C=O) groups excluding carboxylic acids is 1. The SMILES string of the molecule is CC1(O)CCN(C[C@@H](C(=O)OC(C)(C)C)c2ccccc2)CC1. The molecule has 0 bridgehead atoms. The van der Waals surface area contributed by atoms with Crippen molar-refractivity contribution in [1.29, 1.82) is 0 Å². The zero-order valence-electron chi connectivity index (χ0n) is 14.7. The lowest BCUT2D eigenvalue weighted by atomic mass is 9.92. The van der Waals surface area contributed by atoms with Gasteiger partial charge < -0.3 is 14.7 Å². The summed E-state index contributed by atoms with van der Waals surface area (Å²) >= 11 is 0. The maximum atomic E-state index is 12.7. The summed E-state index contributed by atoms with van der Waals surface area (Å²) in [6.07, 6.45) is 1.48. The van der Waals surface area contributed by atoms with Crippen molar-refractivity contribution >= 4 is 5.97 Å². The molecule has 0 aromatic heterocycles. The van der Waals surface area contributed by atoms with E-state index in [4.69, 9.17) is 4.74 Å². The lowest BCUT2D eigenvalue weighted by Crippen LogP contribution is -2.45. The van der Waals surface area contributed by atoms with Crippen LogP contribution in [0.5, 0.6) is 0 Å². The Balaban J connectivity index is 2.10. The Bertz CT molecular complexity index is 509. The van der Waals surface area contributed by atoms with Crippen LogP contribution in [-0.2, 0) is 9.53 Å². The monoisotopic (exact) mass is 319 g/mol. The molecule has 1 N–H and O–H groups in total. The minimum Gasteiger partial charge on any atom is -0.459 e. The van der Waals surface area contributed by atoms with Crippen molar-refractivity contribution in [3.63, 3.8) is 0 Å². The van der Waals surface area contributed by atoms with Crippen LogP contribution in [0.25, 0.3) is 0 Å². The van der Waals surface area contributed by atoms with Crippen molar-refractivity contribution < 1.29 is 14.6 Å². The number of ether oxygens (including phenoxy) is 1. The molecule has 1 aliphatic rings. The molecule has 4 nitrogen and oxygen atoms in total. The Morgan fingerprint density at radius 3 is 2.35 bits per heavy atom. The zero-order chi connectivity index (χ0) is 17.1. The second kappa shape index (κ2) is 7.02. The van der Waals surface area contributed by atoms with E-state index in [1.165, 1.54) is 0 Å². The second-order valence-corrected chi connectivity index (χ2v) is 7.79. The van der Waals surface area contributed by atoms with E-state index in [-0.39, 0.29) is 11.9 Å². The Labute approximate surface area is 139 Å². The Morgan fingerprint density at radius 2 is 1.83 bits per heavy atom. The van der Waals surface area contributed by atoms with Gasteiger partial charge in [0.25, 0.3) is 0 Å². The van der Waals surface area contributed by atoms with E-state index < -0.39 is 11.2 Å². The molecule has 1 atom stereocenters. The normalized spacial score (nSPS) is 20.0. The number of rotatable bonds is 4. The first-order chi connectivity index (χ1) is 10.7. The number of benzene rings is 1. The fraction of sp³-hybridized carbons (Fsp3) is 0.632. The van der Waals surface area contributed by atoms with E-state index >= 15 is 0 Å². The fourth-order valence-corrected chi connectivity index (χ4v) is 2.85. The number of piperidine rings is 1. The van der Waals surface area contributed by atoms with Gasteiger partial charge in [0, 0.05) is 19.6 Å². The van der Waals surface area contributed by atoms with Crippen molar-refractivity contribution in [2.45, 2.75) is 57.7 Å². The largest absolute Gasteiger partial charge is 0.459 e. The summed E-state index contributed by atoms with van der Waals surface area (Å²) < 4.78 is 5.62. The highest BCUT2D eigenvalue weighted by Gasteiger charge is 2.32. The molecule has 23 heavy (non-hydrogen) atoms. The summed E-state index contributed by atoms with van der Waals surface area (Å²) in [5, 5.41) is 10.1. The molecule has 0 saturated carbocycles. The van der Waals surface area contributed by atoms with E-state index in [9.17, 15) is 9.90 Å². The van der Waals surface area contributed by atoms with Crippen LogP contribution < -0.4 is 0 Å². The zero-order valence-corrected chi connectivity index (χ0v) is 14.7. The van der Waals surface area contributed by atoms with Gasteiger partial charge in [0.05, 0.1) is 11.5 Å². The second-order valence-electron chi connectivity index (χ2n) is 7.79. The minimum atomic E-state index is -0.579. The number of nitrogens with zero attached hydrogens (tertiary/aromatic N) is 1. The summed E-state index contributed by atoms with van der Waals surface area (Å²) in [6.45, 7) is 9.81. The number of hydrogen-bond acceptors (Lipinski definition) is 4. The number of carbonyl (C=O) groups is 1. The molecular formula is C19H29NO3. The first-order valence-corrected chi connectivity index (χ1v) is 8.39. The van der Waals surface area contributed by atoms with Gasteiger partial charge in [0.15, 0.2) is 0 Å². The third-order valence-electron chi connectivity index (χ3n) is 4.27. The lowest BCUT2D eigenvalue weighted by molar-refractivity contribution is -0.157. The summed E-state index contributed by atoms with van der Waals surface area (Å²) in [4.78, 5) is 14.9. The third kappa shape index (κ3) is 5.63.